The van der Waals surface area contributed by atoms with Crippen LogP contribution in [-0.2, 0) is 17.8 Å². The zero-order chi connectivity index (χ0) is 15.1. The lowest BCUT2D eigenvalue weighted by Gasteiger charge is -2.12. The van der Waals surface area contributed by atoms with Crippen molar-refractivity contribution < 1.29 is 4.79 Å². The smallest absolute Gasteiger partial charge is 0.221 e. The number of nitrogens with zero attached hydrogens (tertiary/aromatic N) is 1. The molecule has 0 spiro atoms. The lowest BCUT2D eigenvalue weighted by atomic mass is 10.1. The summed E-state index contributed by atoms with van der Waals surface area (Å²) in [6, 6.07) is 17.6. The van der Waals surface area contributed by atoms with Gasteiger partial charge in [0.1, 0.15) is 0 Å². The van der Waals surface area contributed by atoms with E-state index in [0.29, 0.717) is 13.0 Å². The van der Waals surface area contributed by atoms with Gasteiger partial charge in [0, 0.05) is 24.8 Å². The third kappa shape index (κ3) is 4.36. The third-order valence-electron chi connectivity index (χ3n) is 3.05. The Labute approximate surface area is 124 Å². The van der Waals surface area contributed by atoms with Gasteiger partial charge in [0.2, 0.25) is 5.91 Å². The van der Waals surface area contributed by atoms with E-state index in [4.69, 9.17) is 5.26 Å². The first-order chi connectivity index (χ1) is 10.2. The van der Waals surface area contributed by atoms with Crippen LogP contribution in [0.5, 0.6) is 0 Å². The second kappa shape index (κ2) is 7.11. The van der Waals surface area contributed by atoms with Crippen LogP contribution < -0.4 is 10.6 Å². The highest BCUT2D eigenvalue weighted by Crippen LogP contribution is 2.17. The quantitative estimate of drug-likeness (QED) is 0.882. The molecule has 0 aliphatic rings. The van der Waals surface area contributed by atoms with Gasteiger partial charge in [0.25, 0.3) is 0 Å². The number of nitriles is 1. The Morgan fingerprint density at radius 2 is 1.86 bits per heavy atom. The van der Waals surface area contributed by atoms with E-state index in [-0.39, 0.29) is 5.91 Å². The second-order valence-corrected chi connectivity index (χ2v) is 4.72. The predicted molar refractivity (Wildman–Crippen MR) is 83.8 cm³/mol. The molecule has 0 aromatic heterocycles. The van der Waals surface area contributed by atoms with E-state index in [1.807, 2.05) is 48.5 Å². The van der Waals surface area contributed by atoms with Gasteiger partial charge in [-0.1, -0.05) is 30.3 Å². The minimum Gasteiger partial charge on any atom is -0.381 e. The summed E-state index contributed by atoms with van der Waals surface area (Å²) in [6.07, 6.45) is 0.422. The maximum atomic E-state index is 11.2. The lowest BCUT2D eigenvalue weighted by molar-refractivity contribution is -0.114. The van der Waals surface area contributed by atoms with Crippen LogP contribution in [0, 0.1) is 11.3 Å². The van der Waals surface area contributed by atoms with Crippen molar-refractivity contribution in [3.05, 3.63) is 59.7 Å². The van der Waals surface area contributed by atoms with Gasteiger partial charge in [-0.05, 0) is 29.3 Å². The van der Waals surface area contributed by atoms with Gasteiger partial charge in [-0.2, -0.15) is 5.26 Å². The molecule has 1 amide bonds. The molecule has 0 aliphatic carbocycles. The standard InChI is InChI=1S/C17H17N3O/c1-13(21)20-17-5-3-2-4-15(17)12-19-16-8-6-14(7-9-16)10-11-18/h2-9,19H,10,12H2,1H3,(H,20,21). The Morgan fingerprint density at radius 3 is 2.52 bits per heavy atom. The summed E-state index contributed by atoms with van der Waals surface area (Å²) < 4.78 is 0. The molecule has 106 valence electrons. The summed E-state index contributed by atoms with van der Waals surface area (Å²) >= 11 is 0. The molecule has 21 heavy (non-hydrogen) atoms. The van der Waals surface area contributed by atoms with Gasteiger partial charge < -0.3 is 10.6 Å². The van der Waals surface area contributed by atoms with E-state index in [0.717, 1.165) is 22.5 Å². The fraction of sp³-hybridized carbons (Fsp3) is 0.176. The van der Waals surface area contributed by atoms with E-state index < -0.39 is 0 Å². The van der Waals surface area contributed by atoms with Crippen molar-refractivity contribution in [3.63, 3.8) is 0 Å². The summed E-state index contributed by atoms with van der Waals surface area (Å²) in [7, 11) is 0. The molecule has 0 unspecified atom stereocenters. The minimum atomic E-state index is -0.0803. The van der Waals surface area contributed by atoms with Gasteiger partial charge in [0.05, 0.1) is 12.5 Å². The van der Waals surface area contributed by atoms with E-state index >= 15 is 0 Å². The molecular weight excluding hydrogens is 262 g/mol. The van der Waals surface area contributed by atoms with Crippen molar-refractivity contribution in [3.8, 4) is 6.07 Å². The van der Waals surface area contributed by atoms with Crippen molar-refractivity contribution in [1.29, 1.82) is 5.26 Å². The number of nitrogens with one attached hydrogen (secondary N) is 2. The normalized spacial score (nSPS) is 9.71. The zero-order valence-corrected chi connectivity index (χ0v) is 11.9. The zero-order valence-electron chi connectivity index (χ0n) is 11.9. The van der Waals surface area contributed by atoms with Crippen LogP contribution in [-0.4, -0.2) is 5.91 Å². The van der Waals surface area contributed by atoms with Crippen LogP contribution in [0.15, 0.2) is 48.5 Å². The van der Waals surface area contributed by atoms with E-state index in [1.165, 1.54) is 6.92 Å². The van der Waals surface area contributed by atoms with Gasteiger partial charge in [-0.25, -0.2) is 0 Å². The Hall–Kier alpha value is -2.80. The molecule has 2 aromatic rings. The first-order valence-corrected chi connectivity index (χ1v) is 6.74. The fourth-order valence-corrected chi connectivity index (χ4v) is 2.02. The first-order valence-electron chi connectivity index (χ1n) is 6.74. The maximum absolute atomic E-state index is 11.2. The van der Waals surface area contributed by atoms with Crippen LogP contribution >= 0.6 is 0 Å². The third-order valence-corrected chi connectivity index (χ3v) is 3.05. The van der Waals surface area contributed by atoms with Gasteiger partial charge in [-0.15, -0.1) is 0 Å². The van der Waals surface area contributed by atoms with Crippen LogP contribution in [0.3, 0.4) is 0 Å². The Balaban J connectivity index is 2.02. The van der Waals surface area contributed by atoms with Gasteiger partial charge in [0.15, 0.2) is 0 Å². The van der Waals surface area contributed by atoms with Crippen LogP contribution in [0.1, 0.15) is 18.1 Å². The average molecular weight is 279 g/mol. The van der Waals surface area contributed by atoms with Crippen LogP contribution in [0.25, 0.3) is 0 Å². The largest absolute Gasteiger partial charge is 0.381 e. The van der Waals surface area contributed by atoms with Crippen LogP contribution in [0.2, 0.25) is 0 Å². The Morgan fingerprint density at radius 1 is 1.14 bits per heavy atom. The highest BCUT2D eigenvalue weighted by atomic mass is 16.1. The molecule has 0 atom stereocenters. The SMILES string of the molecule is CC(=O)Nc1ccccc1CNc1ccc(CC#N)cc1. The average Bonchev–Trinajstić information content (AvgIpc) is 2.48. The maximum Gasteiger partial charge on any atom is 0.221 e. The highest BCUT2D eigenvalue weighted by Gasteiger charge is 2.03. The Kier molecular flexibility index (Phi) is 4.94. The molecular formula is C17H17N3O. The summed E-state index contributed by atoms with van der Waals surface area (Å²) in [5.74, 6) is -0.0803. The second-order valence-electron chi connectivity index (χ2n) is 4.72. The minimum absolute atomic E-state index is 0.0803. The van der Waals surface area contributed by atoms with Gasteiger partial charge >= 0.3 is 0 Å². The predicted octanol–water partition coefficient (Wildman–Crippen LogP) is 3.32. The molecule has 0 saturated carbocycles. The summed E-state index contributed by atoms with van der Waals surface area (Å²) in [5, 5.41) is 14.8. The molecule has 2 aromatic carbocycles. The lowest BCUT2D eigenvalue weighted by Crippen LogP contribution is -2.10. The molecule has 0 radical (unpaired) electrons. The van der Waals surface area contributed by atoms with Gasteiger partial charge in [-0.3, -0.25) is 4.79 Å². The number of carbonyl (C=O) groups excluding carboxylic acids is 1. The first kappa shape index (κ1) is 14.6. The molecule has 0 saturated heterocycles. The monoisotopic (exact) mass is 279 g/mol. The number of hydrogen-bond donors (Lipinski definition) is 2. The topological polar surface area (TPSA) is 64.9 Å². The fourth-order valence-electron chi connectivity index (χ4n) is 2.02. The van der Waals surface area contributed by atoms with Crippen molar-refractivity contribution in [1.82, 2.24) is 0 Å². The molecule has 0 aliphatic heterocycles. The number of para-hydroxylation sites is 1. The number of rotatable bonds is 5. The molecule has 0 heterocycles. The van der Waals surface area contributed by atoms with E-state index in [2.05, 4.69) is 16.7 Å². The summed E-state index contributed by atoms with van der Waals surface area (Å²) in [5.41, 5.74) is 3.82. The van der Waals surface area contributed by atoms with Crippen LogP contribution in [0.4, 0.5) is 11.4 Å². The molecule has 0 fully saturated rings. The van der Waals surface area contributed by atoms with E-state index in [9.17, 15) is 4.79 Å². The van der Waals surface area contributed by atoms with Crippen molar-refractivity contribution in [2.45, 2.75) is 19.9 Å². The number of benzene rings is 2. The number of hydrogen-bond acceptors (Lipinski definition) is 3. The Bertz CT molecular complexity index is 656. The summed E-state index contributed by atoms with van der Waals surface area (Å²) in [4.78, 5) is 11.2. The van der Waals surface area contributed by atoms with E-state index in [1.54, 1.807) is 0 Å². The number of amides is 1. The molecule has 2 N–H and O–H groups in total. The van der Waals surface area contributed by atoms with Crippen molar-refractivity contribution >= 4 is 17.3 Å². The molecule has 0 bridgehead atoms. The van der Waals surface area contributed by atoms with Crippen molar-refractivity contribution in [2.75, 3.05) is 10.6 Å². The number of anilines is 2. The molecule has 4 heteroatoms. The highest BCUT2D eigenvalue weighted by molar-refractivity contribution is 5.89. The number of carbonyl (C=O) groups is 1. The molecule has 2 rings (SSSR count). The summed E-state index contributed by atoms with van der Waals surface area (Å²) in [6.45, 7) is 2.12. The van der Waals surface area contributed by atoms with Crippen molar-refractivity contribution in [2.24, 2.45) is 0 Å². The molecule has 4 nitrogen and oxygen atoms in total.